The molecule has 3 aromatic rings. The van der Waals surface area contributed by atoms with Crippen LogP contribution in [0.3, 0.4) is 0 Å². The lowest BCUT2D eigenvalue weighted by molar-refractivity contribution is -0.389. The minimum Gasteiger partial charge on any atom is -0.358 e. The highest BCUT2D eigenvalue weighted by molar-refractivity contribution is 6.05. The number of benzene rings is 2. The Balaban J connectivity index is 1.87. The van der Waals surface area contributed by atoms with Crippen molar-refractivity contribution in [3.8, 4) is 0 Å². The standard InChI is InChI=1S/C18H14F2N4O3/c1-11-8-17(24(26)27)22-23(11)10-12-4-2-3-5-14(12)18(25)21-16-7-6-13(19)9-15(16)20/h2-9H,10H2,1H3,(H,21,25). The van der Waals surface area contributed by atoms with Crippen molar-refractivity contribution in [2.75, 3.05) is 5.32 Å². The van der Waals surface area contributed by atoms with E-state index in [2.05, 4.69) is 10.4 Å². The first-order chi connectivity index (χ1) is 12.8. The van der Waals surface area contributed by atoms with E-state index in [-0.39, 0.29) is 23.6 Å². The van der Waals surface area contributed by atoms with Crippen LogP contribution in [-0.4, -0.2) is 20.6 Å². The molecule has 1 heterocycles. The van der Waals surface area contributed by atoms with Crippen molar-refractivity contribution in [2.24, 2.45) is 0 Å². The van der Waals surface area contributed by atoms with Crippen LogP contribution in [0.2, 0.25) is 0 Å². The van der Waals surface area contributed by atoms with Crippen LogP contribution in [-0.2, 0) is 6.54 Å². The number of hydrogen-bond donors (Lipinski definition) is 1. The number of nitro groups is 1. The molecule has 3 rings (SSSR count). The van der Waals surface area contributed by atoms with Gasteiger partial charge in [0.1, 0.15) is 11.6 Å². The second-order valence-electron chi connectivity index (χ2n) is 5.79. The van der Waals surface area contributed by atoms with Gasteiger partial charge >= 0.3 is 5.82 Å². The first-order valence-corrected chi connectivity index (χ1v) is 7.88. The first-order valence-electron chi connectivity index (χ1n) is 7.88. The second-order valence-corrected chi connectivity index (χ2v) is 5.79. The average Bonchev–Trinajstić information content (AvgIpc) is 2.99. The SMILES string of the molecule is Cc1cc([N+](=O)[O-])nn1Cc1ccccc1C(=O)Nc1ccc(F)cc1F. The van der Waals surface area contributed by atoms with Gasteiger partial charge in [0.15, 0.2) is 0 Å². The second kappa shape index (κ2) is 7.32. The molecule has 0 aliphatic rings. The summed E-state index contributed by atoms with van der Waals surface area (Å²) < 4.78 is 28.2. The Bertz CT molecular complexity index is 1030. The zero-order valence-electron chi connectivity index (χ0n) is 14.1. The minimum absolute atomic E-state index is 0.120. The fourth-order valence-electron chi connectivity index (χ4n) is 2.56. The molecule has 0 saturated heterocycles. The van der Waals surface area contributed by atoms with Crippen LogP contribution in [0, 0.1) is 28.7 Å². The van der Waals surface area contributed by atoms with Crippen molar-refractivity contribution in [3.05, 3.63) is 87.1 Å². The van der Waals surface area contributed by atoms with Crippen molar-refractivity contribution >= 4 is 17.4 Å². The number of nitrogens with one attached hydrogen (secondary N) is 1. The van der Waals surface area contributed by atoms with E-state index < -0.39 is 22.5 Å². The predicted molar refractivity (Wildman–Crippen MR) is 93.5 cm³/mol. The summed E-state index contributed by atoms with van der Waals surface area (Å²) in [6, 6.07) is 10.7. The fraction of sp³-hybridized carbons (Fsp3) is 0.111. The summed E-state index contributed by atoms with van der Waals surface area (Å²) in [6.45, 7) is 1.78. The number of halogens is 2. The molecule has 0 unspecified atom stereocenters. The molecule has 1 amide bonds. The van der Waals surface area contributed by atoms with Crippen LogP contribution in [0.1, 0.15) is 21.6 Å². The highest BCUT2D eigenvalue weighted by atomic mass is 19.1. The zero-order valence-corrected chi connectivity index (χ0v) is 14.1. The number of hydrogen-bond acceptors (Lipinski definition) is 4. The molecule has 0 spiro atoms. The molecule has 138 valence electrons. The van der Waals surface area contributed by atoms with Gasteiger partial charge in [-0.25, -0.2) is 8.78 Å². The van der Waals surface area contributed by atoms with Crippen molar-refractivity contribution in [2.45, 2.75) is 13.5 Å². The number of carbonyl (C=O) groups excluding carboxylic acids is 1. The van der Waals surface area contributed by atoms with Gasteiger partial charge in [0, 0.05) is 11.6 Å². The third-order valence-electron chi connectivity index (χ3n) is 3.92. The largest absolute Gasteiger partial charge is 0.390 e. The predicted octanol–water partition coefficient (Wildman–Crippen LogP) is 3.68. The van der Waals surface area contributed by atoms with Crippen molar-refractivity contribution in [1.82, 2.24) is 9.78 Å². The molecular formula is C18H14F2N4O3. The average molecular weight is 372 g/mol. The van der Waals surface area contributed by atoms with E-state index in [0.717, 1.165) is 12.1 Å². The maximum Gasteiger partial charge on any atom is 0.390 e. The Morgan fingerprint density at radius 3 is 2.63 bits per heavy atom. The van der Waals surface area contributed by atoms with Crippen LogP contribution >= 0.6 is 0 Å². The van der Waals surface area contributed by atoms with E-state index in [1.165, 1.54) is 10.7 Å². The number of rotatable bonds is 5. The number of amides is 1. The summed E-state index contributed by atoms with van der Waals surface area (Å²) in [5.74, 6) is -2.51. The monoisotopic (exact) mass is 372 g/mol. The first kappa shape index (κ1) is 18.2. The molecule has 0 fully saturated rings. The molecule has 0 saturated carbocycles. The molecule has 7 nitrogen and oxygen atoms in total. The van der Waals surface area contributed by atoms with Crippen LogP contribution < -0.4 is 5.32 Å². The lowest BCUT2D eigenvalue weighted by Crippen LogP contribution is -2.17. The zero-order chi connectivity index (χ0) is 19.6. The van der Waals surface area contributed by atoms with E-state index in [1.54, 1.807) is 31.2 Å². The summed E-state index contributed by atoms with van der Waals surface area (Å²) >= 11 is 0. The highest BCUT2D eigenvalue weighted by Gasteiger charge is 2.19. The normalized spacial score (nSPS) is 10.6. The van der Waals surface area contributed by atoms with Gasteiger partial charge in [-0.2, -0.15) is 4.68 Å². The van der Waals surface area contributed by atoms with Gasteiger partial charge in [0.2, 0.25) is 0 Å². The minimum atomic E-state index is -0.889. The molecule has 0 radical (unpaired) electrons. The Morgan fingerprint density at radius 2 is 1.96 bits per heavy atom. The number of aryl methyl sites for hydroxylation is 1. The molecule has 0 bridgehead atoms. The molecule has 27 heavy (non-hydrogen) atoms. The van der Waals surface area contributed by atoms with Gasteiger partial charge in [0.05, 0.1) is 29.1 Å². The van der Waals surface area contributed by atoms with Crippen LogP contribution in [0.15, 0.2) is 48.5 Å². The topological polar surface area (TPSA) is 90.1 Å². The summed E-state index contributed by atoms with van der Waals surface area (Å²) in [5.41, 5.74) is 1.20. The Kier molecular flexibility index (Phi) is 4.93. The van der Waals surface area contributed by atoms with Gasteiger partial charge in [-0.05, 0) is 35.6 Å². The lowest BCUT2D eigenvalue weighted by atomic mass is 10.1. The van der Waals surface area contributed by atoms with Gasteiger partial charge < -0.3 is 15.4 Å². The molecule has 9 heteroatoms. The lowest BCUT2D eigenvalue weighted by Gasteiger charge is -2.10. The summed E-state index contributed by atoms with van der Waals surface area (Å²) in [6.07, 6.45) is 0. The molecule has 1 aromatic heterocycles. The number of anilines is 1. The quantitative estimate of drug-likeness (QED) is 0.546. The number of aromatic nitrogens is 2. The van der Waals surface area contributed by atoms with Gasteiger partial charge in [-0.3, -0.25) is 4.79 Å². The maximum atomic E-state index is 13.8. The Labute approximate surface area is 152 Å². The number of nitrogens with zero attached hydrogens (tertiary/aromatic N) is 3. The van der Waals surface area contributed by atoms with E-state index >= 15 is 0 Å². The molecule has 0 aliphatic heterocycles. The summed E-state index contributed by atoms with van der Waals surface area (Å²) in [4.78, 5) is 22.8. The summed E-state index contributed by atoms with van der Waals surface area (Å²) in [5, 5.41) is 17.2. The van der Waals surface area contributed by atoms with Crippen molar-refractivity contribution in [1.29, 1.82) is 0 Å². The number of carbonyl (C=O) groups is 1. The smallest absolute Gasteiger partial charge is 0.358 e. The molecule has 2 aromatic carbocycles. The third-order valence-corrected chi connectivity index (χ3v) is 3.92. The molecular weight excluding hydrogens is 358 g/mol. The maximum absolute atomic E-state index is 13.8. The summed E-state index contributed by atoms with van der Waals surface area (Å²) in [7, 11) is 0. The van der Waals surface area contributed by atoms with Crippen LogP contribution in [0.25, 0.3) is 0 Å². The molecule has 0 aliphatic carbocycles. The molecule has 1 N–H and O–H groups in total. The van der Waals surface area contributed by atoms with Crippen LogP contribution in [0.4, 0.5) is 20.3 Å². The van der Waals surface area contributed by atoms with Gasteiger partial charge in [-0.1, -0.05) is 18.2 Å². The highest BCUT2D eigenvalue weighted by Crippen LogP contribution is 2.19. The van der Waals surface area contributed by atoms with Crippen molar-refractivity contribution < 1.29 is 18.5 Å². The van der Waals surface area contributed by atoms with E-state index in [1.807, 2.05) is 0 Å². The van der Waals surface area contributed by atoms with Gasteiger partial charge in [0.25, 0.3) is 5.91 Å². The Hall–Kier alpha value is -3.62. The van der Waals surface area contributed by atoms with E-state index in [9.17, 15) is 23.7 Å². The van der Waals surface area contributed by atoms with Crippen LogP contribution in [0.5, 0.6) is 0 Å². The fourth-order valence-corrected chi connectivity index (χ4v) is 2.56. The third kappa shape index (κ3) is 3.97. The Morgan fingerprint density at radius 1 is 1.22 bits per heavy atom. The van der Waals surface area contributed by atoms with Crippen molar-refractivity contribution in [3.63, 3.8) is 0 Å². The van der Waals surface area contributed by atoms with E-state index in [4.69, 9.17) is 0 Å². The molecule has 0 atom stereocenters. The van der Waals surface area contributed by atoms with E-state index in [0.29, 0.717) is 17.3 Å². The van der Waals surface area contributed by atoms with Gasteiger partial charge in [-0.15, -0.1) is 0 Å².